The summed E-state index contributed by atoms with van der Waals surface area (Å²) in [7, 11) is 0. The minimum Gasteiger partial charge on any atom is -0.334 e. The number of halogens is 1. The van der Waals surface area contributed by atoms with Crippen molar-refractivity contribution in [2.24, 2.45) is 5.73 Å². The van der Waals surface area contributed by atoms with Crippen molar-refractivity contribution in [2.75, 3.05) is 13.1 Å². The van der Waals surface area contributed by atoms with E-state index in [1.807, 2.05) is 16.3 Å². The van der Waals surface area contributed by atoms with Gasteiger partial charge in [-0.25, -0.2) is 9.37 Å². The lowest BCUT2D eigenvalue weighted by molar-refractivity contribution is 0.0739. The maximum atomic E-state index is 13.3. The van der Waals surface area contributed by atoms with Gasteiger partial charge in [0.05, 0.1) is 5.01 Å². The number of carbonyl (C=O) groups excluding carboxylic acids is 1. The zero-order chi connectivity index (χ0) is 16.2. The number of carbonyl (C=O) groups is 1. The Morgan fingerprint density at radius 2 is 2.22 bits per heavy atom. The van der Waals surface area contributed by atoms with Crippen LogP contribution in [0.15, 0.2) is 29.6 Å². The first-order valence-electron chi connectivity index (χ1n) is 7.87. The number of hydrogen-bond acceptors (Lipinski definition) is 4. The highest BCUT2D eigenvalue weighted by Gasteiger charge is 2.33. The van der Waals surface area contributed by atoms with Crippen molar-refractivity contribution in [3.8, 4) is 0 Å². The van der Waals surface area contributed by atoms with Gasteiger partial charge in [0.2, 0.25) is 0 Å². The van der Waals surface area contributed by atoms with Gasteiger partial charge in [-0.1, -0.05) is 12.1 Å². The second-order valence-corrected chi connectivity index (χ2v) is 6.72. The van der Waals surface area contributed by atoms with Crippen LogP contribution < -0.4 is 5.73 Å². The maximum absolute atomic E-state index is 13.3. The Kier molecular flexibility index (Phi) is 5.03. The molecule has 2 aromatic rings. The zero-order valence-electron chi connectivity index (χ0n) is 12.9. The van der Waals surface area contributed by atoms with Gasteiger partial charge in [-0.15, -0.1) is 11.3 Å². The Morgan fingerprint density at radius 3 is 2.91 bits per heavy atom. The van der Waals surface area contributed by atoms with E-state index in [0.717, 1.165) is 23.4 Å². The standard InChI is InChI=1S/C17H20FN3OS/c18-13-3-1-2-12(10-13)7-9-21(14-4-5-14)17(22)15-11-23-16(20-15)6-8-19/h1-3,10-11,14H,4-9,19H2. The molecular formula is C17H20FN3OS. The number of nitrogens with two attached hydrogens (primary N) is 1. The molecule has 0 spiro atoms. The minimum atomic E-state index is -0.238. The number of amides is 1. The van der Waals surface area contributed by atoms with Gasteiger partial charge < -0.3 is 10.6 Å². The van der Waals surface area contributed by atoms with Crippen molar-refractivity contribution in [3.05, 3.63) is 51.7 Å². The molecule has 3 rings (SSSR count). The second kappa shape index (κ2) is 7.19. The molecule has 1 amide bonds. The molecule has 23 heavy (non-hydrogen) atoms. The van der Waals surface area contributed by atoms with Crippen LogP contribution in [0.1, 0.15) is 33.9 Å². The first-order chi connectivity index (χ1) is 11.2. The van der Waals surface area contributed by atoms with Gasteiger partial charge in [0, 0.05) is 24.4 Å². The summed E-state index contributed by atoms with van der Waals surface area (Å²) in [6.07, 6.45) is 3.42. The summed E-state index contributed by atoms with van der Waals surface area (Å²) in [6, 6.07) is 6.85. The quantitative estimate of drug-likeness (QED) is 0.847. The third-order valence-corrected chi connectivity index (χ3v) is 4.82. The number of nitrogens with zero attached hydrogens (tertiary/aromatic N) is 2. The predicted molar refractivity (Wildman–Crippen MR) is 89.0 cm³/mol. The van der Waals surface area contributed by atoms with Gasteiger partial charge in [-0.05, 0) is 43.5 Å². The molecule has 0 atom stereocenters. The van der Waals surface area contributed by atoms with Crippen LogP contribution in [0.5, 0.6) is 0 Å². The van der Waals surface area contributed by atoms with Gasteiger partial charge in [0.15, 0.2) is 0 Å². The molecule has 1 saturated carbocycles. The Hall–Kier alpha value is -1.79. The fourth-order valence-corrected chi connectivity index (χ4v) is 3.36. The van der Waals surface area contributed by atoms with Crippen molar-refractivity contribution in [1.29, 1.82) is 0 Å². The monoisotopic (exact) mass is 333 g/mol. The highest BCUT2D eigenvalue weighted by molar-refractivity contribution is 7.09. The van der Waals surface area contributed by atoms with Crippen LogP contribution in [-0.4, -0.2) is 34.9 Å². The molecule has 1 aliphatic rings. The van der Waals surface area contributed by atoms with E-state index in [1.165, 1.54) is 23.5 Å². The lowest BCUT2D eigenvalue weighted by Gasteiger charge is -2.21. The fraction of sp³-hybridized carbons (Fsp3) is 0.412. The highest BCUT2D eigenvalue weighted by atomic mass is 32.1. The summed E-state index contributed by atoms with van der Waals surface area (Å²) >= 11 is 1.48. The van der Waals surface area contributed by atoms with Gasteiger partial charge in [-0.2, -0.15) is 0 Å². The molecule has 0 bridgehead atoms. The van der Waals surface area contributed by atoms with Gasteiger partial charge in [-0.3, -0.25) is 4.79 Å². The van der Waals surface area contributed by atoms with Gasteiger partial charge >= 0.3 is 0 Å². The molecule has 1 fully saturated rings. The summed E-state index contributed by atoms with van der Waals surface area (Å²) in [5, 5.41) is 2.71. The molecule has 6 heteroatoms. The summed E-state index contributed by atoms with van der Waals surface area (Å²) < 4.78 is 13.3. The van der Waals surface area contributed by atoms with E-state index in [2.05, 4.69) is 4.98 Å². The molecule has 1 aliphatic carbocycles. The zero-order valence-corrected chi connectivity index (χ0v) is 13.7. The largest absolute Gasteiger partial charge is 0.334 e. The summed E-state index contributed by atoms with van der Waals surface area (Å²) in [5.74, 6) is -0.263. The van der Waals surface area contributed by atoms with Crippen LogP contribution in [0.25, 0.3) is 0 Å². The van der Waals surface area contributed by atoms with Gasteiger partial charge in [0.1, 0.15) is 11.5 Å². The van der Waals surface area contributed by atoms with Crippen LogP contribution in [0, 0.1) is 5.82 Å². The highest BCUT2D eigenvalue weighted by Crippen LogP contribution is 2.28. The van der Waals surface area contributed by atoms with Crippen LogP contribution >= 0.6 is 11.3 Å². The third-order valence-electron chi connectivity index (χ3n) is 3.91. The van der Waals surface area contributed by atoms with Crippen LogP contribution in [0.2, 0.25) is 0 Å². The summed E-state index contributed by atoms with van der Waals surface area (Å²) in [5.41, 5.74) is 6.94. The minimum absolute atomic E-state index is 0.0246. The first kappa shape index (κ1) is 16.1. The molecule has 0 radical (unpaired) electrons. The van der Waals surface area contributed by atoms with Crippen molar-refractivity contribution in [2.45, 2.75) is 31.7 Å². The Balaban J connectivity index is 1.67. The second-order valence-electron chi connectivity index (χ2n) is 5.77. The molecule has 1 heterocycles. The lowest BCUT2D eigenvalue weighted by Crippen LogP contribution is -2.35. The van der Waals surface area contributed by atoms with Crippen molar-refractivity contribution < 1.29 is 9.18 Å². The van der Waals surface area contributed by atoms with Crippen LogP contribution in [0.3, 0.4) is 0 Å². The first-order valence-corrected chi connectivity index (χ1v) is 8.75. The summed E-state index contributed by atoms with van der Waals surface area (Å²) in [4.78, 5) is 19.0. The molecule has 2 N–H and O–H groups in total. The Morgan fingerprint density at radius 1 is 1.39 bits per heavy atom. The maximum Gasteiger partial charge on any atom is 0.273 e. The molecule has 0 saturated heterocycles. The van der Waals surface area contributed by atoms with E-state index in [4.69, 9.17) is 5.73 Å². The van der Waals surface area contributed by atoms with Crippen molar-refractivity contribution in [1.82, 2.24) is 9.88 Å². The molecule has 0 unspecified atom stereocenters. The normalized spacial score (nSPS) is 14.0. The summed E-state index contributed by atoms with van der Waals surface area (Å²) in [6.45, 7) is 1.13. The van der Waals surface area contributed by atoms with E-state index in [9.17, 15) is 9.18 Å². The predicted octanol–water partition coefficient (Wildman–Crippen LogP) is 2.63. The van der Waals surface area contributed by atoms with Crippen molar-refractivity contribution in [3.63, 3.8) is 0 Å². The smallest absolute Gasteiger partial charge is 0.273 e. The van der Waals surface area contributed by atoms with E-state index in [1.54, 1.807) is 6.07 Å². The number of aromatic nitrogens is 1. The molecule has 0 aliphatic heterocycles. The van der Waals surface area contributed by atoms with Gasteiger partial charge in [0.25, 0.3) is 5.91 Å². The van der Waals surface area contributed by atoms with Crippen molar-refractivity contribution >= 4 is 17.2 Å². The molecule has 122 valence electrons. The topological polar surface area (TPSA) is 59.2 Å². The number of benzene rings is 1. The Labute approximate surface area is 139 Å². The number of hydrogen-bond donors (Lipinski definition) is 1. The lowest BCUT2D eigenvalue weighted by atomic mass is 10.1. The van der Waals surface area contributed by atoms with E-state index < -0.39 is 0 Å². The molecule has 1 aromatic heterocycles. The SMILES string of the molecule is NCCc1nc(C(=O)N(CCc2cccc(F)c2)C2CC2)cs1. The third kappa shape index (κ3) is 4.14. The number of thiazole rings is 1. The fourth-order valence-electron chi connectivity index (χ4n) is 2.57. The average molecular weight is 333 g/mol. The molecule has 1 aromatic carbocycles. The molecular weight excluding hydrogens is 313 g/mol. The van der Waals surface area contributed by atoms with E-state index >= 15 is 0 Å². The Bertz CT molecular complexity index is 684. The van der Waals surface area contributed by atoms with Crippen LogP contribution in [-0.2, 0) is 12.8 Å². The average Bonchev–Trinajstić information content (AvgIpc) is 3.26. The van der Waals surface area contributed by atoms with E-state index in [0.29, 0.717) is 37.7 Å². The molecule has 4 nitrogen and oxygen atoms in total. The van der Waals surface area contributed by atoms with Crippen LogP contribution in [0.4, 0.5) is 4.39 Å². The van der Waals surface area contributed by atoms with E-state index in [-0.39, 0.29) is 11.7 Å². The number of rotatable bonds is 7.